The van der Waals surface area contributed by atoms with Crippen molar-refractivity contribution in [2.24, 2.45) is 0 Å². The lowest BCUT2D eigenvalue weighted by Gasteiger charge is -2.13. The number of unbranched alkanes of at least 4 members (excludes halogenated alkanes) is 16. The summed E-state index contributed by atoms with van der Waals surface area (Å²) in [4.78, 5) is 25.0. The lowest BCUT2D eigenvalue weighted by atomic mass is 10.0. The molecule has 0 fully saturated rings. The van der Waals surface area contributed by atoms with Crippen molar-refractivity contribution in [2.75, 3.05) is 0 Å². The molecule has 0 aliphatic carbocycles. The van der Waals surface area contributed by atoms with E-state index in [1.807, 2.05) is 18.2 Å². The summed E-state index contributed by atoms with van der Waals surface area (Å²) in [5.41, 5.74) is 1.13. The summed E-state index contributed by atoms with van der Waals surface area (Å²) in [5, 5.41) is 0. The van der Waals surface area contributed by atoms with Crippen LogP contribution in [0.25, 0.3) is 0 Å². The molecule has 0 atom stereocenters. The molecule has 0 aliphatic rings. The second-order valence-corrected chi connectivity index (χ2v) is 10.6. The zero-order valence-electron chi connectivity index (χ0n) is 24.4. The maximum Gasteiger partial charge on any atom is 0.311 e. The largest absolute Gasteiger partial charge is 0.423 e. The Labute approximate surface area is 228 Å². The van der Waals surface area contributed by atoms with Gasteiger partial charge in [-0.2, -0.15) is 0 Å². The van der Waals surface area contributed by atoms with Gasteiger partial charge in [0.25, 0.3) is 0 Å². The van der Waals surface area contributed by atoms with E-state index in [2.05, 4.69) is 20.8 Å². The monoisotopic (exact) mass is 516 g/mol. The molecule has 0 aromatic heterocycles. The predicted molar refractivity (Wildman–Crippen MR) is 155 cm³/mol. The number of carbonyl (C=O) groups is 2. The van der Waals surface area contributed by atoms with Crippen LogP contribution in [0.15, 0.2) is 18.2 Å². The Morgan fingerprint density at radius 1 is 0.514 bits per heavy atom. The van der Waals surface area contributed by atoms with Crippen molar-refractivity contribution in [2.45, 2.75) is 162 Å². The lowest BCUT2D eigenvalue weighted by Crippen LogP contribution is -2.12. The van der Waals surface area contributed by atoms with Crippen LogP contribution in [0.2, 0.25) is 0 Å². The quantitative estimate of drug-likeness (QED) is 0.0779. The number of esters is 2. The van der Waals surface area contributed by atoms with Crippen molar-refractivity contribution in [3.63, 3.8) is 0 Å². The molecule has 0 heterocycles. The van der Waals surface area contributed by atoms with Gasteiger partial charge in [-0.05, 0) is 43.4 Å². The second kappa shape index (κ2) is 23.3. The van der Waals surface area contributed by atoms with E-state index >= 15 is 0 Å². The van der Waals surface area contributed by atoms with Gasteiger partial charge < -0.3 is 9.47 Å². The molecule has 1 rings (SSSR count). The summed E-state index contributed by atoms with van der Waals surface area (Å²) in [7, 11) is 0. The fourth-order valence-electron chi connectivity index (χ4n) is 4.60. The van der Waals surface area contributed by atoms with Crippen LogP contribution in [0, 0.1) is 0 Å². The van der Waals surface area contributed by atoms with Gasteiger partial charge in [-0.1, -0.05) is 130 Å². The third kappa shape index (κ3) is 18.1. The van der Waals surface area contributed by atoms with Gasteiger partial charge in [0.05, 0.1) is 0 Å². The first-order chi connectivity index (χ1) is 18.1. The molecular weight excluding hydrogens is 460 g/mol. The average Bonchev–Trinajstić information content (AvgIpc) is 2.89. The van der Waals surface area contributed by atoms with Crippen LogP contribution in [0.5, 0.6) is 11.5 Å². The first kappa shape index (κ1) is 33.2. The Morgan fingerprint density at radius 2 is 0.919 bits per heavy atom. The Morgan fingerprint density at radius 3 is 1.41 bits per heavy atom. The van der Waals surface area contributed by atoms with Crippen molar-refractivity contribution in [1.82, 2.24) is 0 Å². The van der Waals surface area contributed by atoms with Crippen molar-refractivity contribution >= 4 is 11.9 Å². The lowest BCUT2D eigenvalue weighted by molar-refractivity contribution is -0.137. The number of hydrogen-bond acceptors (Lipinski definition) is 4. The highest BCUT2D eigenvalue weighted by atomic mass is 16.6. The highest BCUT2D eigenvalue weighted by Crippen LogP contribution is 2.30. The number of rotatable bonds is 24. The van der Waals surface area contributed by atoms with Crippen LogP contribution in [0.1, 0.15) is 161 Å². The van der Waals surface area contributed by atoms with Gasteiger partial charge in [0.1, 0.15) is 0 Å². The van der Waals surface area contributed by atoms with E-state index in [9.17, 15) is 9.59 Å². The van der Waals surface area contributed by atoms with Crippen molar-refractivity contribution in [3.8, 4) is 11.5 Å². The molecule has 1 aromatic carbocycles. The van der Waals surface area contributed by atoms with Crippen molar-refractivity contribution < 1.29 is 19.1 Å². The van der Waals surface area contributed by atoms with Gasteiger partial charge in [0, 0.05) is 12.8 Å². The molecule has 0 spiro atoms. The second-order valence-electron chi connectivity index (χ2n) is 10.6. The minimum Gasteiger partial charge on any atom is -0.423 e. The molecule has 0 radical (unpaired) electrons. The minimum atomic E-state index is -0.247. The first-order valence-electron chi connectivity index (χ1n) is 15.6. The highest BCUT2D eigenvalue weighted by Gasteiger charge is 2.15. The SMILES string of the molecule is CCCCCCCCCc1ccc(OC(=O)CCCCCCCC)c(OC(=O)CCCCCCCC)c1. The summed E-state index contributed by atoms with van der Waals surface area (Å²) >= 11 is 0. The normalized spacial score (nSPS) is 11.0. The van der Waals surface area contributed by atoms with Crippen LogP contribution in [-0.2, 0) is 16.0 Å². The van der Waals surface area contributed by atoms with E-state index in [0.717, 1.165) is 56.9 Å². The number of benzene rings is 1. The third-order valence-electron chi connectivity index (χ3n) is 6.99. The summed E-state index contributed by atoms with van der Waals surface area (Å²) < 4.78 is 11.4. The Bertz CT molecular complexity index is 712. The maximum absolute atomic E-state index is 12.6. The average molecular weight is 517 g/mol. The Balaban J connectivity index is 2.61. The van der Waals surface area contributed by atoms with E-state index in [4.69, 9.17) is 9.47 Å². The molecule has 0 bridgehead atoms. The molecule has 0 aliphatic heterocycles. The van der Waals surface area contributed by atoms with E-state index in [1.54, 1.807) is 0 Å². The topological polar surface area (TPSA) is 52.6 Å². The number of hydrogen-bond donors (Lipinski definition) is 0. The van der Waals surface area contributed by atoms with E-state index in [1.165, 1.54) is 77.0 Å². The van der Waals surface area contributed by atoms with E-state index in [0.29, 0.717) is 24.3 Å². The number of carbonyl (C=O) groups excluding carboxylic acids is 2. The van der Waals surface area contributed by atoms with Crippen LogP contribution in [0.4, 0.5) is 0 Å². The molecule has 37 heavy (non-hydrogen) atoms. The molecule has 0 saturated carbocycles. The van der Waals surface area contributed by atoms with Gasteiger partial charge in [0.2, 0.25) is 0 Å². The highest BCUT2D eigenvalue weighted by molar-refractivity contribution is 5.76. The Kier molecular flexibility index (Phi) is 20.9. The van der Waals surface area contributed by atoms with Crippen molar-refractivity contribution in [1.29, 1.82) is 0 Å². The van der Waals surface area contributed by atoms with Gasteiger partial charge >= 0.3 is 11.9 Å². The zero-order valence-corrected chi connectivity index (χ0v) is 24.4. The summed E-state index contributed by atoms with van der Waals surface area (Å²) in [5.74, 6) is 0.281. The fourth-order valence-corrected chi connectivity index (χ4v) is 4.60. The van der Waals surface area contributed by atoms with Crippen LogP contribution >= 0.6 is 0 Å². The number of aryl methyl sites for hydroxylation is 1. The predicted octanol–water partition coefficient (Wildman–Crippen LogP) is 10.3. The van der Waals surface area contributed by atoms with Gasteiger partial charge in [-0.25, -0.2) is 0 Å². The summed E-state index contributed by atoms with van der Waals surface area (Å²) in [6, 6.07) is 5.72. The molecule has 1 aromatic rings. The molecule has 0 saturated heterocycles. The molecule has 212 valence electrons. The third-order valence-corrected chi connectivity index (χ3v) is 6.99. The minimum absolute atomic E-state index is 0.239. The first-order valence-corrected chi connectivity index (χ1v) is 15.6. The van der Waals surface area contributed by atoms with Gasteiger partial charge in [-0.3, -0.25) is 9.59 Å². The zero-order chi connectivity index (χ0) is 27.0. The maximum atomic E-state index is 12.6. The Hall–Kier alpha value is -1.84. The molecule has 4 heteroatoms. The molecule has 0 unspecified atom stereocenters. The van der Waals surface area contributed by atoms with E-state index < -0.39 is 0 Å². The van der Waals surface area contributed by atoms with Crippen LogP contribution in [-0.4, -0.2) is 11.9 Å². The molecule has 0 amide bonds. The standard InChI is InChI=1S/C33H56O4/c1-4-7-10-13-16-17-20-23-29-26-27-30(36-32(34)24-21-18-14-11-8-5-2)31(28-29)37-33(35)25-22-19-15-12-9-6-3/h26-28H,4-25H2,1-3H3. The van der Waals surface area contributed by atoms with Crippen molar-refractivity contribution in [3.05, 3.63) is 23.8 Å². The molecule has 4 nitrogen and oxygen atoms in total. The van der Waals surface area contributed by atoms with E-state index in [-0.39, 0.29) is 11.9 Å². The van der Waals surface area contributed by atoms with Gasteiger partial charge in [-0.15, -0.1) is 0 Å². The molecular formula is C33H56O4. The smallest absolute Gasteiger partial charge is 0.311 e. The molecule has 0 N–H and O–H groups in total. The summed E-state index contributed by atoms with van der Waals surface area (Å²) in [6.45, 7) is 6.65. The van der Waals surface area contributed by atoms with Crippen LogP contribution in [0.3, 0.4) is 0 Å². The number of ether oxygens (including phenoxy) is 2. The van der Waals surface area contributed by atoms with Crippen LogP contribution < -0.4 is 9.47 Å². The summed E-state index contributed by atoms with van der Waals surface area (Å²) in [6.07, 6.45) is 24.1. The van der Waals surface area contributed by atoms with Gasteiger partial charge in [0.15, 0.2) is 11.5 Å². The fraction of sp³-hybridized carbons (Fsp3) is 0.758.